The molecular formula is C21H25N3O5. The molecule has 4 N–H and O–H groups in total. The average molecular weight is 399 g/mol. The molecule has 0 fully saturated rings. The van der Waals surface area contributed by atoms with Gasteiger partial charge in [0.15, 0.2) is 0 Å². The van der Waals surface area contributed by atoms with Crippen molar-refractivity contribution >= 4 is 23.6 Å². The molecule has 0 aliphatic rings. The highest BCUT2D eigenvalue weighted by Crippen LogP contribution is 2.13. The van der Waals surface area contributed by atoms with Gasteiger partial charge in [0.05, 0.1) is 0 Å². The molecule has 0 aliphatic carbocycles. The minimum atomic E-state index is -0.596. The molecule has 2 aromatic rings. The van der Waals surface area contributed by atoms with E-state index in [1.165, 1.54) is 24.3 Å². The largest absolute Gasteiger partial charge is 0.508 e. The van der Waals surface area contributed by atoms with Crippen LogP contribution < -0.4 is 16.0 Å². The molecule has 0 heterocycles. The number of anilines is 1. The molecule has 0 unspecified atom stereocenters. The summed E-state index contributed by atoms with van der Waals surface area (Å²) >= 11 is 0. The van der Waals surface area contributed by atoms with Crippen LogP contribution in [0.4, 0.5) is 10.5 Å². The first-order valence-corrected chi connectivity index (χ1v) is 9.09. The fraction of sp³-hybridized carbons (Fsp3) is 0.286. The van der Waals surface area contributed by atoms with Gasteiger partial charge in [-0.2, -0.15) is 0 Å². The van der Waals surface area contributed by atoms with Gasteiger partial charge in [-0.05, 0) is 69.3 Å². The maximum absolute atomic E-state index is 12.2. The van der Waals surface area contributed by atoms with Gasteiger partial charge in [-0.3, -0.25) is 14.9 Å². The lowest BCUT2D eigenvalue weighted by Gasteiger charge is -2.19. The van der Waals surface area contributed by atoms with Crippen molar-refractivity contribution in [3.8, 4) is 5.75 Å². The highest BCUT2D eigenvalue weighted by Gasteiger charge is 2.16. The Kier molecular flexibility index (Phi) is 7.19. The molecule has 0 atom stereocenters. The fourth-order valence-electron chi connectivity index (χ4n) is 2.30. The van der Waals surface area contributed by atoms with Gasteiger partial charge in [0.2, 0.25) is 0 Å². The number of hydrogen-bond donors (Lipinski definition) is 4. The molecule has 0 saturated carbocycles. The number of benzene rings is 2. The van der Waals surface area contributed by atoms with Gasteiger partial charge in [0.25, 0.3) is 11.8 Å². The number of amides is 3. The van der Waals surface area contributed by atoms with E-state index in [9.17, 15) is 19.5 Å². The van der Waals surface area contributed by atoms with Crippen molar-refractivity contribution in [2.24, 2.45) is 0 Å². The Bertz CT molecular complexity index is 855. The lowest BCUT2D eigenvalue weighted by Crippen LogP contribution is -2.34. The van der Waals surface area contributed by atoms with Crippen molar-refractivity contribution in [2.75, 3.05) is 18.4 Å². The molecule has 2 aromatic carbocycles. The normalized spacial score (nSPS) is 10.7. The predicted molar refractivity (Wildman–Crippen MR) is 109 cm³/mol. The summed E-state index contributed by atoms with van der Waals surface area (Å²) in [6, 6.07) is 12.2. The Morgan fingerprint density at radius 2 is 1.28 bits per heavy atom. The second-order valence-electron chi connectivity index (χ2n) is 7.26. The number of phenols is 1. The van der Waals surface area contributed by atoms with Gasteiger partial charge in [-0.1, -0.05) is 0 Å². The van der Waals surface area contributed by atoms with Crippen LogP contribution in [-0.4, -0.2) is 41.7 Å². The van der Waals surface area contributed by atoms with E-state index < -0.39 is 11.7 Å². The van der Waals surface area contributed by atoms with Gasteiger partial charge in [-0.25, -0.2) is 4.79 Å². The molecule has 0 aromatic heterocycles. The van der Waals surface area contributed by atoms with Crippen molar-refractivity contribution in [1.82, 2.24) is 10.6 Å². The summed E-state index contributed by atoms with van der Waals surface area (Å²) in [7, 11) is 0. The summed E-state index contributed by atoms with van der Waals surface area (Å²) in [5.74, 6) is -0.509. The molecule has 8 heteroatoms. The molecule has 0 saturated heterocycles. The Hall–Kier alpha value is -3.55. The van der Waals surface area contributed by atoms with E-state index in [1.54, 1.807) is 45.0 Å². The smallest absolute Gasteiger partial charge is 0.412 e. The number of carbonyl (C=O) groups is 3. The number of hydrogen-bond acceptors (Lipinski definition) is 5. The molecule has 0 bridgehead atoms. The van der Waals surface area contributed by atoms with Crippen molar-refractivity contribution in [3.05, 3.63) is 59.7 Å². The van der Waals surface area contributed by atoms with Gasteiger partial charge in [0, 0.05) is 29.9 Å². The lowest BCUT2D eigenvalue weighted by molar-refractivity contribution is 0.0635. The van der Waals surface area contributed by atoms with Crippen LogP contribution in [0.2, 0.25) is 0 Å². The van der Waals surface area contributed by atoms with Crippen LogP contribution in [0.25, 0.3) is 0 Å². The first-order valence-electron chi connectivity index (χ1n) is 9.09. The second kappa shape index (κ2) is 9.59. The Morgan fingerprint density at radius 3 is 1.72 bits per heavy atom. The predicted octanol–water partition coefficient (Wildman–Crippen LogP) is 2.90. The van der Waals surface area contributed by atoms with Gasteiger partial charge >= 0.3 is 6.09 Å². The standard InChI is InChI=1S/C21H25N3O5/c1-21(2,3)29-20(28)24-16-8-4-14(5-9-16)18(26)22-12-13-23-19(27)15-6-10-17(25)11-7-15/h4-11,25H,12-13H2,1-3H3,(H,22,26)(H,23,27)(H,24,28). The van der Waals surface area contributed by atoms with Crippen molar-refractivity contribution < 1.29 is 24.2 Å². The molecule has 3 amide bonds. The first kappa shape index (κ1) is 21.7. The minimum absolute atomic E-state index is 0.0844. The summed E-state index contributed by atoms with van der Waals surface area (Å²) in [5, 5.41) is 17.2. The monoisotopic (exact) mass is 399 g/mol. The maximum Gasteiger partial charge on any atom is 0.412 e. The Balaban J connectivity index is 1.75. The molecule has 0 aliphatic heterocycles. The Labute approximate surface area is 169 Å². The fourth-order valence-corrected chi connectivity index (χ4v) is 2.30. The third-order valence-electron chi connectivity index (χ3n) is 3.62. The number of ether oxygens (including phenoxy) is 1. The number of nitrogens with one attached hydrogen (secondary N) is 3. The van der Waals surface area contributed by atoms with Crippen molar-refractivity contribution in [3.63, 3.8) is 0 Å². The first-order chi connectivity index (χ1) is 13.6. The van der Waals surface area contributed by atoms with E-state index in [0.29, 0.717) is 16.8 Å². The van der Waals surface area contributed by atoms with Gasteiger partial charge in [0.1, 0.15) is 11.4 Å². The summed E-state index contributed by atoms with van der Waals surface area (Å²) in [6.45, 7) is 5.82. The molecule has 0 radical (unpaired) electrons. The summed E-state index contributed by atoms with van der Waals surface area (Å²) in [6.07, 6.45) is -0.570. The zero-order chi connectivity index (χ0) is 21.4. The topological polar surface area (TPSA) is 117 Å². The van der Waals surface area contributed by atoms with Gasteiger partial charge < -0.3 is 20.5 Å². The van der Waals surface area contributed by atoms with E-state index in [-0.39, 0.29) is 30.7 Å². The Morgan fingerprint density at radius 1 is 0.828 bits per heavy atom. The summed E-state index contributed by atoms with van der Waals surface area (Å²) in [5.41, 5.74) is 0.755. The maximum atomic E-state index is 12.2. The molecule has 2 rings (SSSR count). The van der Waals surface area contributed by atoms with Crippen LogP contribution in [-0.2, 0) is 4.74 Å². The van der Waals surface area contributed by atoms with Crippen molar-refractivity contribution in [2.45, 2.75) is 26.4 Å². The number of carbonyl (C=O) groups excluding carboxylic acids is 3. The second-order valence-corrected chi connectivity index (χ2v) is 7.26. The van der Waals surface area contributed by atoms with Crippen LogP contribution in [0.1, 0.15) is 41.5 Å². The quantitative estimate of drug-likeness (QED) is 0.557. The van der Waals surface area contributed by atoms with Gasteiger partial charge in [-0.15, -0.1) is 0 Å². The van der Waals surface area contributed by atoms with Crippen molar-refractivity contribution in [1.29, 1.82) is 0 Å². The average Bonchev–Trinajstić information content (AvgIpc) is 2.64. The number of rotatable bonds is 6. The third kappa shape index (κ3) is 7.53. The van der Waals surface area contributed by atoms with E-state index in [4.69, 9.17) is 4.74 Å². The van der Waals surface area contributed by atoms with Crippen LogP contribution in [0.3, 0.4) is 0 Å². The summed E-state index contributed by atoms with van der Waals surface area (Å²) < 4.78 is 5.17. The van der Waals surface area contributed by atoms with E-state index in [2.05, 4.69) is 16.0 Å². The highest BCUT2D eigenvalue weighted by atomic mass is 16.6. The minimum Gasteiger partial charge on any atom is -0.508 e. The molecular weight excluding hydrogens is 374 g/mol. The molecule has 0 spiro atoms. The van der Waals surface area contributed by atoms with Crippen LogP contribution in [0, 0.1) is 0 Å². The zero-order valence-electron chi connectivity index (χ0n) is 16.6. The SMILES string of the molecule is CC(C)(C)OC(=O)Nc1ccc(C(=O)NCCNC(=O)c2ccc(O)cc2)cc1. The molecule has 29 heavy (non-hydrogen) atoms. The molecule has 8 nitrogen and oxygen atoms in total. The summed E-state index contributed by atoms with van der Waals surface area (Å²) in [4.78, 5) is 35.8. The highest BCUT2D eigenvalue weighted by molar-refractivity contribution is 5.95. The van der Waals surface area contributed by atoms with Crippen LogP contribution in [0.5, 0.6) is 5.75 Å². The molecule has 154 valence electrons. The zero-order valence-corrected chi connectivity index (χ0v) is 16.6. The van der Waals surface area contributed by atoms with E-state index >= 15 is 0 Å². The van der Waals surface area contributed by atoms with Crippen LogP contribution >= 0.6 is 0 Å². The van der Waals surface area contributed by atoms with Crippen LogP contribution in [0.15, 0.2) is 48.5 Å². The lowest BCUT2D eigenvalue weighted by atomic mass is 10.2. The number of phenolic OH excluding ortho intramolecular Hbond substituents is 1. The third-order valence-corrected chi connectivity index (χ3v) is 3.62. The van der Waals surface area contributed by atoms with E-state index in [1.807, 2.05) is 0 Å². The van der Waals surface area contributed by atoms with E-state index in [0.717, 1.165) is 0 Å². The number of aromatic hydroxyl groups is 1.